The van der Waals surface area contributed by atoms with Gasteiger partial charge in [-0.05, 0) is 42.8 Å². The molecule has 0 saturated carbocycles. The summed E-state index contributed by atoms with van der Waals surface area (Å²) >= 11 is 1.20. The summed E-state index contributed by atoms with van der Waals surface area (Å²) in [5.41, 5.74) is 2.05. The highest BCUT2D eigenvalue weighted by molar-refractivity contribution is 7.99. The van der Waals surface area contributed by atoms with E-state index in [4.69, 9.17) is 9.40 Å². The minimum Gasteiger partial charge on any atom is -0.465 e. The number of hydrogen-bond donors (Lipinski definition) is 1. The molecule has 8 nitrogen and oxygen atoms in total. The SMILES string of the molecule is CCCCn1c(SCC(=O)Nc2ccc(C(=O)OC)cc2)nc2c(oc3ccccc32)c1=O. The number of nitrogens with one attached hydrogen (secondary N) is 1. The van der Waals surface area contributed by atoms with E-state index in [1.807, 2.05) is 25.1 Å². The van der Waals surface area contributed by atoms with Gasteiger partial charge in [-0.3, -0.25) is 14.2 Å². The zero-order valence-corrected chi connectivity index (χ0v) is 19.1. The maximum absolute atomic E-state index is 13.1. The Kier molecular flexibility index (Phi) is 6.79. The van der Waals surface area contributed by atoms with Gasteiger partial charge in [0, 0.05) is 17.6 Å². The zero-order chi connectivity index (χ0) is 23.4. The molecule has 4 rings (SSSR count). The summed E-state index contributed by atoms with van der Waals surface area (Å²) in [6.45, 7) is 2.54. The molecule has 0 radical (unpaired) electrons. The molecule has 170 valence electrons. The van der Waals surface area contributed by atoms with Crippen LogP contribution in [0.3, 0.4) is 0 Å². The van der Waals surface area contributed by atoms with Gasteiger partial charge in [-0.15, -0.1) is 0 Å². The highest BCUT2D eigenvalue weighted by atomic mass is 32.2. The van der Waals surface area contributed by atoms with Crippen molar-refractivity contribution >= 4 is 51.4 Å². The van der Waals surface area contributed by atoms with Crippen molar-refractivity contribution in [1.82, 2.24) is 9.55 Å². The molecular weight excluding hydrogens is 442 g/mol. The van der Waals surface area contributed by atoms with Crippen LogP contribution in [-0.2, 0) is 16.1 Å². The summed E-state index contributed by atoms with van der Waals surface area (Å²) in [6.07, 6.45) is 1.72. The van der Waals surface area contributed by atoms with Crippen LogP contribution in [0.4, 0.5) is 5.69 Å². The van der Waals surface area contributed by atoms with E-state index in [0.717, 1.165) is 18.2 Å². The quantitative estimate of drug-likeness (QED) is 0.233. The van der Waals surface area contributed by atoms with E-state index in [-0.39, 0.29) is 22.8 Å². The molecule has 9 heteroatoms. The Morgan fingerprint density at radius 2 is 1.91 bits per heavy atom. The molecule has 0 atom stereocenters. The standard InChI is InChI=1S/C24H23N3O5S/c1-3-4-13-27-22(29)21-20(17-7-5-6-8-18(17)32-21)26-24(27)33-14-19(28)25-16-11-9-15(10-12-16)23(30)31-2/h5-12H,3-4,13-14H2,1-2H3,(H,25,28). The van der Waals surface area contributed by atoms with Crippen molar-refractivity contribution in [2.24, 2.45) is 0 Å². The second kappa shape index (κ2) is 9.91. The summed E-state index contributed by atoms with van der Waals surface area (Å²) < 4.78 is 12.0. The number of ether oxygens (including phenoxy) is 1. The van der Waals surface area contributed by atoms with E-state index < -0.39 is 5.97 Å². The fourth-order valence-corrected chi connectivity index (χ4v) is 4.23. The molecule has 33 heavy (non-hydrogen) atoms. The van der Waals surface area contributed by atoms with Gasteiger partial charge in [0.1, 0.15) is 11.1 Å². The minimum absolute atomic E-state index is 0.0681. The molecule has 4 aromatic rings. The maximum Gasteiger partial charge on any atom is 0.337 e. The number of amides is 1. The van der Waals surface area contributed by atoms with Crippen LogP contribution in [0.5, 0.6) is 0 Å². The van der Waals surface area contributed by atoms with Crippen LogP contribution < -0.4 is 10.9 Å². The number of aromatic nitrogens is 2. The summed E-state index contributed by atoms with van der Waals surface area (Å²) in [7, 11) is 1.31. The Morgan fingerprint density at radius 1 is 1.15 bits per heavy atom. The first-order chi connectivity index (χ1) is 16.0. The fraction of sp³-hybridized carbons (Fsp3) is 0.250. The number of fused-ring (bicyclic) bond motifs is 3. The number of rotatable bonds is 8. The third kappa shape index (κ3) is 4.78. The molecule has 1 amide bonds. The Morgan fingerprint density at radius 3 is 2.64 bits per heavy atom. The average molecular weight is 466 g/mol. The van der Waals surface area contributed by atoms with Crippen molar-refractivity contribution in [3.05, 3.63) is 64.4 Å². The molecule has 0 aliphatic heterocycles. The highest BCUT2D eigenvalue weighted by Gasteiger charge is 2.18. The molecule has 0 aliphatic carbocycles. The summed E-state index contributed by atoms with van der Waals surface area (Å²) in [5, 5.41) is 4.03. The van der Waals surface area contributed by atoms with Crippen LogP contribution in [0, 0.1) is 0 Å². The van der Waals surface area contributed by atoms with Crippen molar-refractivity contribution < 1.29 is 18.7 Å². The highest BCUT2D eigenvalue weighted by Crippen LogP contribution is 2.27. The molecular formula is C24H23N3O5S. The number of benzene rings is 2. The molecule has 2 aromatic heterocycles. The van der Waals surface area contributed by atoms with Crippen molar-refractivity contribution in [1.29, 1.82) is 0 Å². The predicted octanol–water partition coefficient (Wildman–Crippen LogP) is 4.46. The largest absolute Gasteiger partial charge is 0.465 e. The number of unbranched alkanes of at least 4 members (excludes halogenated alkanes) is 1. The zero-order valence-electron chi connectivity index (χ0n) is 18.3. The van der Waals surface area contributed by atoms with Crippen molar-refractivity contribution in [3.8, 4) is 0 Å². The van der Waals surface area contributed by atoms with Crippen LogP contribution in [0.2, 0.25) is 0 Å². The number of thioether (sulfide) groups is 1. The second-order valence-corrected chi connectivity index (χ2v) is 8.33. The number of para-hydroxylation sites is 1. The smallest absolute Gasteiger partial charge is 0.337 e. The number of furan rings is 1. The number of nitrogens with zero attached hydrogens (tertiary/aromatic N) is 2. The molecule has 0 bridgehead atoms. The van der Waals surface area contributed by atoms with Gasteiger partial charge in [0.15, 0.2) is 5.16 Å². The van der Waals surface area contributed by atoms with Crippen molar-refractivity contribution in [3.63, 3.8) is 0 Å². The van der Waals surface area contributed by atoms with E-state index in [1.54, 1.807) is 34.9 Å². The maximum atomic E-state index is 13.1. The van der Waals surface area contributed by atoms with Gasteiger partial charge in [0.2, 0.25) is 11.5 Å². The number of hydrogen-bond acceptors (Lipinski definition) is 7. The third-order valence-corrected chi connectivity index (χ3v) is 6.08. The number of carbonyl (C=O) groups is 2. The summed E-state index contributed by atoms with van der Waals surface area (Å²) in [5.74, 6) is -0.625. The molecule has 0 unspecified atom stereocenters. The molecule has 1 N–H and O–H groups in total. The Labute approximate surface area is 193 Å². The monoisotopic (exact) mass is 465 g/mol. The van der Waals surface area contributed by atoms with Gasteiger partial charge in [0.05, 0.1) is 18.4 Å². The van der Waals surface area contributed by atoms with Gasteiger partial charge in [-0.25, -0.2) is 9.78 Å². The van der Waals surface area contributed by atoms with Gasteiger partial charge in [-0.2, -0.15) is 0 Å². The summed E-state index contributed by atoms with van der Waals surface area (Å²) in [6, 6.07) is 13.8. The van der Waals surface area contributed by atoms with E-state index in [2.05, 4.69) is 10.1 Å². The number of methoxy groups -OCH3 is 1. The number of carbonyl (C=O) groups excluding carboxylic acids is 2. The van der Waals surface area contributed by atoms with Crippen LogP contribution in [-0.4, -0.2) is 34.3 Å². The lowest BCUT2D eigenvalue weighted by Gasteiger charge is -2.11. The first-order valence-electron chi connectivity index (χ1n) is 10.5. The summed E-state index contributed by atoms with van der Waals surface area (Å²) in [4.78, 5) is 41.9. The lowest BCUT2D eigenvalue weighted by Crippen LogP contribution is -2.24. The normalized spacial score (nSPS) is 11.1. The number of anilines is 1. The number of esters is 1. The van der Waals surface area contributed by atoms with E-state index in [0.29, 0.717) is 34.1 Å². The Bertz CT molecular complexity index is 1370. The molecule has 0 spiro atoms. The van der Waals surface area contributed by atoms with Crippen molar-refractivity contribution in [2.45, 2.75) is 31.5 Å². The van der Waals surface area contributed by atoms with Gasteiger partial charge in [0.25, 0.3) is 5.56 Å². The first-order valence-corrected chi connectivity index (χ1v) is 11.5. The van der Waals surface area contributed by atoms with Gasteiger partial charge >= 0.3 is 5.97 Å². The molecule has 0 saturated heterocycles. The predicted molar refractivity (Wildman–Crippen MR) is 128 cm³/mol. The van der Waals surface area contributed by atoms with Crippen LogP contribution >= 0.6 is 11.8 Å². The topological polar surface area (TPSA) is 103 Å². The third-order valence-electron chi connectivity index (χ3n) is 5.10. The van der Waals surface area contributed by atoms with Gasteiger partial charge in [-0.1, -0.05) is 37.2 Å². The Hall–Kier alpha value is -3.59. The minimum atomic E-state index is -0.443. The van der Waals surface area contributed by atoms with Crippen molar-refractivity contribution in [2.75, 3.05) is 18.2 Å². The van der Waals surface area contributed by atoms with Crippen LogP contribution in [0.25, 0.3) is 22.1 Å². The van der Waals surface area contributed by atoms with E-state index >= 15 is 0 Å². The van der Waals surface area contributed by atoms with Crippen LogP contribution in [0.15, 0.2) is 62.9 Å². The lowest BCUT2D eigenvalue weighted by atomic mass is 10.2. The molecule has 0 fully saturated rings. The van der Waals surface area contributed by atoms with Gasteiger partial charge < -0.3 is 14.5 Å². The second-order valence-electron chi connectivity index (χ2n) is 7.39. The molecule has 2 aromatic carbocycles. The Balaban J connectivity index is 1.56. The first kappa shape index (κ1) is 22.6. The van der Waals surface area contributed by atoms with Crippen LogP contribution in [0.1, 0.15) is 30.1 Å². The molecule has 0 aliphatic rings. The lowest BCUT2D eigenvalue weighted by molar-refractivity contribution is -0.113. The van der Waals surface area contributed by atoms with E-state index in [9.17, 15) is 14.4 Å². The molecule has 2 heterocycles. The fourth-order valence-electron chi connectivity index (χ4n) is 3.41. The van der Waals surface area contributed by atoms with E-state index in [1.165, 1.54) is 18.9 Å². The average Bonchev–Trinajstić information content (AvgIpc) is 3.21.